The summed E-state index contributed by atoms with van der Waals surface area (Å²) in [6, 6.07) is 8.89. The molecular formula is C13H16N2O3. The Balaban J connectivity index is 1.90. The van der Waals surface area contributed by atoms with E-state index >= 15 is 0 Å². The molecule has 0 aromatic heterocycles. The molecular weight excluding hydrogens is 232 g/mol. The van der Waals surface area contributed by atoms with E-state index in [1.54, 1.807) is 0 Å². The molecule has 2 N–H and O–H groups in total. The van der Waals surface area contributed by atoms with E-state index in [-0.39, 0.29) is 6.61 Å². The lowest BCUT2D eigenvalue weighted by Gasteiger charge is -2.21. The second-order valence-corrected chi connectivity index (χ2v) is 4.29. The Morgan fingerprint density at radius 2 is 2.06 bits per heavy atom. The number of benzene rings is 1. The van der Waals surface area contributed by atoms with E-state index in [4.69, 9.17) is 10.5 Å². The molecule has 1 heterocycles. The molecule has 96 valence electrons. The van der Waals surface area contributed by atoms with Crippen molar-refractivity contribution in [3.8, 4) is 0 Å². The molecule has 0 aliphatic carbocycles. The molecule has 1 aliphatic heterocycles. The summed E-state index contributed by atoms with van der Waals surface area (Å²) in [7, 11) is 0. The molecule has 2 amide bonds. The molecule has 0 spiro atoms. The van der Waals surface area contributed by atoms with Gasteiger partial charge in [-0.15, -0.1) is 0 Å². The highest BCUT2D eigenvalue weighted by Gasteiger charge is 2.33. The quantitative estimate of drug-likeness (QED) is 0.875. The summed E-state index contributed by atoms with van der Waals surface area (Å²) in [5.41, 5.74) is 6.16. The number of primary amides is 1. The minimum absolute atomic E-state index is 0.210. The third-order valence-corrected chi connectivity index (χ3v) is 3.02. The van der Waals surface area contributed by atoms with Gasteiger partial charge in [0.15, 0.2) is 0 Å². The molecule has 2 rings (SSSR count). The van der Waals surface area contributed by atoms with Crippen LogP contribution in [0.15, 0.2) is 30.3 Å². The number of ether oxygens (including phenoxy) is 1. The molecule has 1 fully saturated rings. The van der Waals surface area contributed by atoms with E-state index < -0.39 is 18.0 Å². The zero-order valence-electron chi connectivity index (χ0n) is 10.0. The minimum Gasteiger partial charge on any atom is -0.445 e. The molecule has 18 heavy (non-hydrogen) atoms. The average molecular weight is 248 g/mol. The third kappa shape index (κ3) is 2.80. The lowest BCUT2D eigenvalue weighted by Crippen LogP contribution is -2.43. The van der Waals surface area contributed by atoms with Crippen molar-refractivity contribution in [2.45, 2.75) is 25.5 Å². The number of likely N-dealkylation sites (tertiary alicyclic amines) is 1. The van der Waals surface area contributed by atoms with Crippen LogP contribution in [0, 0.1) is 0 Å². The highest BCUT2D eigenvalue weighted by Crippen LogP contribution is 2.18. The highest BCUT2D eigenvalue weighted by atomic mass is 16.6. The zero-order valence-corrected chi connectivity index (χ0v) is 10.0. The van der Waals surface area contributed by atoms with Gasteiger partial charge in [-0.3, -0.25) is 9.69 Å². The summed E-state index contributed by atoms with van der Waals surface area (Å²) in [5.74, 6) is -0.468. The van der Waals surface area contributed by atoms with Crippen molar-refractivity contribution in [3.63, 3.8) is 0 Å². The Morgan fingerprint density at radius 3 is 2.72 bits per heavy atom. The number of hydrogen-bond acceptors (Lipinski definition) is 3. The second kappa shape index (κ2) is 5.53. The van der Waals surface area contributed by atoms with E-state index in [1.807, 2.05) is 30.3 Å². The maximum absolute atomic E-state index is 11.8. The predicted molar refractivity (Wildman–Crippen MR) is 65.5 cm³/mol. The van der Waals surface area contributed by atoms with Crippen LogP contribution in [0.1, 0.15) is 18.4 Å². The first kappa shape index (κ1) is 12.4. The summed E-state index contributed by atoms with van der Waals surface area (Å²) < 4.78 is 5.17. The van der Waals surface area contributed by atoms with Gasteiger partial charge in [-0.25, -0.2) is 4.79 Å². The van der Waals surface area contributed by atoms with Crippen LogP contribution in [0.3, 0.4) is 0 Å². The Kier molecular flexibility index (Phi) is 3.82. The fourth-order valence-electron chi connectivity index (χ4n) is 2.08. The Bertz CT molecular complexity index is 433. The standard InChI is InChI=1S/C13H16N2O3/c14-12(16)11-7-4-8-15(11)13(17)18-9-10-5-2-1-3-6-10/h1-3,5-6,11H,4,7-9H2,(H2,14,16)/t11-/m1/s1. The summed E-state index contributed by atoms with van der Waals surface area (Å²) in [6.45, 7) is 0.739. The van der Waals surface area contributed by atoms with Crippen molar-refractivity contribution in [2.75, 3.05) is 6.54 Å². The first-order valence-electron chi connectivity index (χ1n) is 5.95. The largest absolute Gasteiger partial charge is 0.445 e. The van der Waals surface area contributed by atoms with Crippen LogP contribution in [0.5, 0.6) is 0 Å². The van der Waals surface area contributed by atoms with Gasteiger partial charge in [-0.1, -0.05) is 30.3 Å². The predicted octanol–water partition coefficient (Wildman–Crippen LogP) is 1.27. The van der Waals surface area contributed by atoms with Crippen LogP contribution in [0.2, 0.25) is 0 Å². The van der Waals surface area contributed by atoms with Gasteiger partial charge in [0.1, 0.15) is 12.6 Å². The zero-order chi connectivity index (χ0) is 13.0. The molecule has 0 bridgehead atoms. The van der Waals surface area contributed by atoms with Crippen LogP contribution < -0.4 is 5.73 Å². The highest BCUT2D eigenvalue weighted by molar-refractivity contribution is 5.84. The normalized spacial score (nSPS) is 18.7. The number of rotatable bonds is 3. The first-order valence-corrected chi connectivity index (χ1v) is 5.95. The summed E-state index contributed by atoms with van der Waals surface area (Å²) in [6.07, 6.45) is 0.934. The Labute approximate surface area is 106 Å². The van der Waals surface area contributed by atoms with Crippen molar-refractivity contribution < 1.29 is 14.3 Å². The maximum Gasteiger partial charge on any atom is 0.410 e. The first-order chi connectivity index (χ1) is 8.68. The molecule has 0 saturated carbocycles. The van der Waals surface area contributed by atoms with Crippen LogP contribution >= 0.6 is 0 Å². The maximum atomic E-state index is 11.8. The summed E-state index contributed by atoms with van der Waals surface area (Å²) in [4.78, 5) is 24.4. The number of carbonyl (C=O) groups excluding carboxylic acids is 2. The molecule has 5 heteroatoms. The van der Waals surface area contributed by atoms with Crippen molar-refractivity contribution in [1.82, 2.24) is 4.90 Å². The van der Waals surface area contributed by atoms with Gasteiger partial charge < -0.3 is 10.5 Å². The van der Waals surface area contributed by atoms with Crippen LogP contribution in [0.25, 0.3) is 0 Å². The Hall–Kier alpha value is -2.04. The number of hydrogen-bond donors (Lipinski definition) is 1. The minimum atomic E-state index is -0.520. The fourth-order valence-corrected chi connectivity index (χ4v) is 2.08. The van der Waals surface area contributed by atoms with Crippen LogP contribution in [-0.4, -0.2) is 29.5 Å². The number of nitrogens with two attached hydrogens (primary N) is 1. The molecule has 0 radical (unpaired) electrons. The molecule has 1 aromatic carbocycles. The van der Waals surface area contributed by atoms with Gasteiger partial charge in [0, 0.05) is 6.54 Å². The summed E-state index contributed by atoms with van der Waals surface area (Å²) >= 11 is 0. The monoisotopic (exact) mass is 248 g/mol. The van der Waals surface area contributed by atoms with Crippen LogP contribution in [0.4, 0.5) is 4.79 Å². The van der Waals surface area contributed by atoms with Crippen molar-refractivity contribution in [3.05, 3.63) is 35.9 Å². The van der Waals surface area contributed by atoms with Crippen molar-refractivity contribution >= 4 is 12.0 Å². The SMILES string of the molecule is NC(=O)[C@H]1CCCN1C(=O)OCc1ccccc1. The molecule has 1 atom stereocenters. The third-order valence-electron chi connectivity index (χ3n) is 3.02. The lowest BCUT2D eigenvalue weighted by atomic mass is 10.2. The Morgan fingerprint density at radius 1 is 1.33 bits per heavy atom. The van der Waals surface area contributed by atoms with Crippen LogP contribution in [-0.2, 0) is 16.1 Å². The smallest absolute Gasteiger partial charge is 0.410 e. The van der Waals surface area contributed by atoms with E-state index in [0.717, 1.165) is 12.0 Å². The fraction of sp³-hybridized carbons (Fsp3) is 0.385. The van der Waals surface area contributed by atoms with Gasteiger partial charge in [-0.05, 0) is 18.4 Å². The molecule has 1 aliphatic rings. The molecule has 0 unspecified atom stereocenters. The number of amides is 2. The summed E-state index contributed by atoms with van der Waals surface area (Å²) in [5, 5.41) is 0. The van der Waals surface area contributed by atoms with Gasteiger partial charge in [0.2, 0.25) is 5.91 Å². The average Bonchev–Trinajstić information content (AvgIpc) is 2.86. The topological polar surface area (TPSA) is 72.6 Å². The second-order valence-electron chi connectivity index (χ2n) is 4.29. The van der Waals surface area contributed by atoms with E-state index in [2.05, 4.69) is 0 Å². The number of carbonyl (C=O) groups is 2. The molecule has 5 nitrogen and oxygen atoms in total. The van der Waals surface area contributed by atoms with Crippen molar-refractivity contribution in [2.24, 2.45) is 5.73 Å². The van der Waals surface area contributed by atoms with Gasteiger partial charge in [0.05, 0.1) is 0 Å². The van der Waals surface area contributed by atoms with E-state index in [9.17, 15) is 9.59 Å². The van der Waals surface area contributed by atoms with Crippen molar-refractivity contribution in [1.29, 1.82) is 0 Å². The number of nitrogens with zero attached hydrogens (tertiary/aromatic N) is 1. The van der Waals surface area contributed by atoms with E-state index in [0.29, 0.717) is 13.0 Å². The van der Waals surface area contributed by atoms with E-state index in [1.165, 1.54) is 4.90 Å². The lowest BCUT2D eigenvalue weighted by molar-refractivity contribution is -0.121. The van der Waals surface area contributed by atoms with Gasteiger partial charge >= 0.3 is 6.09 Å². The van der Waals surface area contributed by atoms with Gasteiger partial charge in [0.25, 0.3) is 0 Å². The molecule has 1 saturated heterocycles. The van der Waals surface area contributed by atoms with Gasteiger partial charge in [-0.2, -0.15) is 0 Å². The molecule has 1 aromatic rings.